The SMILES string of the molecule is CCC1CN(C(C)c2cccs2)CCN1. The van der Waals surface area contributed by atoms with Crippen LogP contribution in [0, 0.1) is 0 Å². The highest BCUT2D eigenvalue weighted by Gasteiger charge is 2.23. The lowest BCUT2D eigenvalue weighted by Gasteiger charge is -2.36. The Balaban J connectivity index is 1.98. The molecule has 0 saturated carbocycles. The van der Waals surface area contributed by atoms with Crippen LogP contribution in [0.15, 0.2) is 17.5 Å². The van der Waals surface area contributed by atoms with Crippen LogP contribution in [0.2, 0.25) is 0 Å². The van der Waals surface area contributed by atoms with E-state index in [1.807, 2.05) is 11.3 Å². The molecule has 15 heavy (non-hydrogen) atoms. The van der Waals surface area contributed by atoms with E-state index in [2.05, 4.69) is 41.6 Å². The van der Waals surface area contributed by atoms with Crippen LogP contribution >= 0.6 is 11.3 Å². The lowest BCUT2D eigenvalue weighted by Crippen LogP contribution is -2.50. The maximum atomic E-state index is 3.56. The molecule has 2 rings (SSSR count). The number of nitrogens with one attached hydrogen (secondary N) is 1. The van der Waals surface area contributed by atoms with Crippen LogP contribution in [-0.4, -0.2) is 30.6 Å². The van der Waals surface area contributed by atoms with Crippen LogP contribution in [-0.2, 0) is 0 Å². The number of thiophene rings is 1. The van der Waals surface area contributed by atoms with Crippen molar-refractivity contribution < 1.29 is 0 Å². The third-order valence-corrected chi connectivity index (χ3v) is 4.32. The van der Waals surface area contributed by atoms with Crippen LogP contribution in [0.25, 0.3) is 0 Å². The number of hydrogen-bond acceptors (Lipinski definition) is 3. The molecular weight excluding hydrogens is 204 g/mol. The molecule has 0 spiro atoms. The van der Waals surface area contributed by atoms with Crippen LogP contribution in [0.3, 0.4) is 0 Å². The maximum absolute atomic E-state index is 3.56. The zero-order chi connectivity index (χ0) is 10.7. The van der Waals surface area contributed by atoms with Crippen molar-refractivity contribution in [3.05, 3.63) is 22.4 Å². The Kier molecular flexibility index (Phi) is 3.78. The minimum atomic E-state index is 0.584. The molecule has 84 valence electrons. The summed E-state index contributed by atoms with van der Waals surface area (Å²) in [6.07, 6.45) is 1.23. The summed E-state index contributed by atoms with van der Waals surface area (Å²) in [5.74, 6) is 0. The van der Waals surface area contributed by atoms with Crippen LogP contribution in [0.1, 0.15) is 31.2 Å². The van der Waals surface area contributed by atoms with Crippen LogP contribution in [0.5, 0.6) is 0 Å². The molecule has 1 fully saturated rings. The largest absolute Gasteiger partial charge is 0.311 e. The van der Waals surface area contributed by atoms with Crippen molar-refractivity contribution in [3.63, 3.8) is 0 Å². The second-order valence-electron chi connectivity index (χ2n) is 4.25. The van der Waals surface area contributed by atoms with Gasteiger partial charge in [-0.2, -0.15) is 0 Å². The molecule has 1 aliphatic rings. The average molecular weight is 224 g/mol. The smallest absolute Gasteiger partial charge is 0.0414 e. The summed E-state index contributed by atoms with van der Waals surface area (Å²) in [5, 5.41) is 5.73. The van der Waals surface area contributed by atoms with E-state index in [9.17, 15) is 0 Å². The van der Waals surface area contributed by atoms with Crippen molar-refractivity contribution in [2.24, 2.45) is 0 Å². The van der Waals surface area contributed by atoms with Gasteiger partial charge < -0.3 is 5.32 Å². The van der Waals surface area contributed by atoms with E-state index in [1.54, 1.807) is 0 Å². The zero-order valence-corrected chi connectivity index (χ0v) is 10.4. The van der Waals surface area contributed by atoms with Crippen molar-refractivity contribution in [2.45, 2.75) is 32.4 Å². The van der Waals surface area contributed by atoms with E-state index >= 15 is 0 Å². The second kappa shape index (κ2) is 5.10. The van der Waals surface area contributed by atoms with Crippen molar-refractivity contribution in [1.82, 2.24) is 10.2 Å². The molecule has 1 aliphatic heterocycles. The first kappa shape index (κ1) is 11.1. The highest BCUT2D eigenvalue weighted by Crippen LogP contribution is 2.25. The monoisotopic (exact) mass is 224 g/mol. The first-order valence-electron chi connectivity index (χ1n) is 5.82. The Bertz CT molecular complexity index is 284. The zero-order valence-electron chi connectivity index (χ0n) is 9.57. The lowest BCUT2D eigenvalue weighted by molar-refractivity contribution is 0.153. The number of nitrogens with zero attached hydrogens (tertiary/aromatic N) is 1. The summed E-state index contributed by atoms with van der Waals surface area (Å²) in [5.41, 5.74) is 0. The number of piperazine rings is 1. The average Bonchev–Trinajstić information content (AvgIpc) is 2.81. The van der Waals surface area contributed by atoms with Crippen molar-refractivity contribution in [1.29, 1.82) is 0 Å². The first-order valence-corrected chi connectivity index (χ1v) is 6.70. The molecule has 3 heteroatoms. The molecule has 0 amide bonds. The lowest BCUT2D eigenvalue weighted by atomic mass is 10.1. The Morgan fingerprint density at radius 3 is 3.20 bits per heavy atom. The summed E-state index contributed by atoms with van der Waals surface area (Å²) in [6, 6.07) is 5.66. The normalized spacial score (nSPS) is 25.3. The molecule has 1 N–H and O–H groups in total. The molecule has 1 saturated heterocycles. The summed E-state index contributed by atoms with van der Waals surface area (Å²) < 4.78 is 0. The quantitative estimate of drug-likeness (QED) is 0.848. The van der Waals surface area contributed by atoms with Crippen LogP contribution in [0.4, 0.5) is 0 Å². The number of hydrogen-bond donors (Lipinski definition) is 1. The van der Waals surface area contributed by atoms with E-state index in [4.69, 9.17) is 0 Å². The molecule has 0 bridgehead atoms. The van der Waals surface area contributed by atoms with E-state index in [-0.39, 0.29) is 0 Å². The molecule has 2 heterocycles. The van der Waals surface area contributed by atoms with E-state index in [0.717, 1.165) is 6.54 Å². The second-order valence-corrected chi connectivity index (χ2v) is 5.22. The summed E-state index contributed by atoms with van der Waals surface area (Å²) >= 11 is 1.87. The Morgan fingerprint density at radius 2 is 2.53 bits per heavy atom. The minimum absolute atomic E-state index is 0.584. The maximum Gasteiger partial charge on any atom is 0.0414 e. The highest BCUT2D eigenvalue weighted by molar-refractivity contribution is 7.10. The predicted molar refractivity (Wildman–Crippen MR) is 66.4 cm³/mol. The van der Waals surface area contributed by atoms with Gasteiger partial charge in [0, 0.05) is 36.6 Å². The molecule has 2 nitrogen and oxygen atoms in total. The molecule has 0 radical (unpaired) electrons. The van der Waals surface area contributed by atoms with Crippen LogP contribution < -0.4 is 5.32 Å². The predicted octanol–water partition coefficient (Wildman–Crippen LogP) is 2.49. The van der Waals surface area contributed by atoms with Crippen molar-refractivity contribution in [2.75, 3.05) is 19.6 Å². The number of rotatable bonds is 3. The molecule has 1 aromatic heterocycles. The van der Waals surface area contributed by atoms with Gasteiger partial charge in [0.05, 0.1) is 0 Å². The summed E-state index contributed by atoms with van der Waals surface area (Å²) in [4.78, 5) is 4.09. The van der Waals surface area contributed by atoms with Gasteiger partial charge in [-0.3, -0.25) is 4.90 Å². The van der Waals surface area contributed by atoms with Gasteiger partial charge in [-0.1, -0.05) is 13.0 Å². The van der Waals surface area contributed by atoms with E-state index < -0.39 is 0 Å². The molecule has 1 aromatic rings. The third-order valence-electron chi connectivity index (χ3n) is 3.28. The molecular formula is C12H20N2S. The fourth-order valence-electron chi connectivity index (χ4n) is 2.19. The fourth-order valence-corrected chi connectivity index (χ4v) is 3.00. The van der Waals surface area contributed by atoms with Crippen molar-refractivity contribution >= 4 is 11.3 Å². The Morgan fingerprint density at radius 1 is 1.67 bits per heavy atom. The Labute approximate surface area is 96.3 Å². The van der Waals surface area contributed by atoms with Gasteiger partial charge in [-0.05, 0) is 24.8 Å². The van der Waals surface area contributed by atoms with Gasteiger partial charge in [0.25, 0.3) is 0 Å². The van der Waals surface area contributed by atoms with E-state index in [1.165, 1.54) is 24.4 Å². The third kappa shape index (κ3) is 2.60. The molecule has 2 unspecified atom stereocenters. The van der Waals surface area contributed by atoms with Gasteiger partial charge in [-0.15, -0.1) is 11.3 Å². The first-order chi connectivity index (χ1) is 7.31. The molecule has 2 atom stereocenters. The summed E-state index contributed by atoms with van der Waals surface area (Å²) in [7, 11) is 0. The van der Waals surface area contributed by atoms with Gasteiger partial charge in [0.1, 0.15) is 0 Å². The summed E-state index contributed by atoms with van der Waals surface area (Å²) in [6.45, 7) is 8.08. The van der Waals surface area contributed by atoms with Crippen molar-refractivity contribution in [3.8, 4) is 0 Å². The standard InChI is InChI=1S/C12H20N2S/c1-3-11-9-14(7-6-13-11)10(2)12-5-4-8-15-12/h4-5,8,10-11,13H,3,6-7,9H2,1-2H3. The fraction of sp³-hybridized carbons (Fsp3) is 0.667. The van der Waals surface area contributed by atoms with Gasteiger partial charge in [0.2, 0.25) is 0 Å². The topological polar surface area (TPSA) is 15.3 Å². The van der Waals surface area contributed by atoms with Gasteiger partial charge in [-0.25, -0.2) is 0 Å². The van der Waals surface area contributed by atoms with Gasteiger partial charge in [0.15, 0.2) is 0 Å². The van der Waals surface area contributed by atoms with E-state index in [0.29, 0.717) is 12.1 Å². The Hall–Kier alpha value is -0.380. The molecule has 0 aliphatic carbocycles. The molecule has 0 aromatic carbocycles. The minimum Gasteiger partial charge on any atom is -0.311 e. The van der Waals surface area contributed by atoms with Gasteiger partial charge >= 0.3 is 0 Å². The highest BCUT2D eigenvalue weighted by atomic mass is 32.1.